The van der Waals surface area contributed by atoms with Gasteiger partial charge in [-0.25, -0.2) is 4.79 Å². The molecule has 0 saturated carbocycles. The summed E-state index contributed by atoms with van der Waals surface area (Å²) in [5.41, 5.74) is -0.487. The molecule has 0 aliphatic heterocycles. The number of aliphatic hydroxyl groups excluding tert-OH is 1. The standard InChI is InChI=1S/C8H17NO3/c1-6(5-10)9-7(11)12-8(2,3)4/h6,10H,5H2,1-4H3,(H,9,11)/i5+1. The molecule has 1 atom stereocenters. The van der Waals surface area contributed by atoms with E-state index in [1.54, 1.807) is 27.7 Å². The number of alkyl carbamates (subject to hydrolysis) is 1. The van der Waals surface area contributed by atoms with Crippen LogP contribution >= 0.6 is 0 Å². The molecule has 1 amide bonds. The fourth-order valence-corrected chi connectivity index (χ4v) is 0.554. The third-order valence-corrected chi connectivity index (χ3v) is 1.04. The second kappa shape index (κ2) is 4.30. The fraction of sp³-hybridized carbons (Fsp3) is 0.875. The van der Waals surface area contributed by atoms with E-state index in [0.717, 1.165) is 0 Å². The fourth-order valence-electron chi connectivity index (χ4n) is 0.554. The van der Waals surface area contributed by atoms with Gasteiger partial charge in [-0.2, -0.15) is 0 Å². The Hall–Kier alpha value is -0.770. The highest BCUT2D eigenvalue weighted by molar-refractivity contribution is 5.67. The van der Waals surface area contributed by atoms with Crippen molar-refractivity contribution in [1.29, 1.82) is 0 Å². The van der Waals surface area contributed by atoms with Crippen LogP contribution in [0.4, 0.5) is 4.79 Å². The summed E-state index contributed by atoms with van der Waals surface area (Å²) < 4.78 is 4.95. The van der Waals surface area contributed by atoms with Crippen molar-refractivity contribution in [3.63, 3.8) is 0 Å². The van der Waals surface area contributed by atoms with Crippen molar-refractivity contribution in [2.75, 3.05) is 6.61 Å². The summed E-state index contributed by atoms with van der Waals surface area (Å²) in [7, 11) is 0. The summed E-state index contributed by atoms with van der Waals surface area (Å²) in [6.45, 7) is 6.98. The Morgan fingerprint density at radius 1 is 1.58 bits per heavy atom. The van der Waals surface area contributed by atoms with Crippen molar-refractivity contribution in [2.45, 2.75) is 39.3 Å². The van der Waals surface area contributed by atoms with Crippen LogP contribution < -0.4 is 5.32 Å². The SMILES string of the molecule is CC([13CH2]O)NC(=O)OC(C)(C)C. The molecule has 0 bridgehead atoms. The van der Waals surface area contributed by atoms with Crippen LogP contribution in [-0.2, 0) is 4.74 Å². The van der Waals surface area contributed by atoms with Gasteiger partial charge in [0.05, 0.1) is 12.6 Å². The van der Waals surface area contributed by atoms with Crippen molar-refractivity contribution in [3.8, 4) is 0 Å². The first kappa shape index (κ1) is 11.2. The predicted octanol–water partition coefficient (Wildman–Crippen LogP) is 0.892. The molecular weight excluding hydrogens is 159 g/mol. The highest BCUT2D eigenvalue weighted by atomic mass is 16.6. The van der Waals surface area contributed by atoms with Crippen LogP contribution in [0, 0.1) is 0 Å². The molecule has 0 rings (SSSR count). The Kier molecular flexibility index (Phi) is 4.03. The van der Waals surface area contributed by atoms with Gasteiger partial charge < -0.3 is 15.2 Å². The average Bonchev–Trinajstić information content (AvgIpc) is 1.82. The summed E-state index contributed by atoms with van der Waals surface area (Å²) in [6, 6.07) is -0.264. The molecule has 4 nitrogen and oxygen atoms in total. The lowest BCUT2D eigenvalue weighted by Gasteiger charge is -2.21. The zero-order chi connectivity index (χ0) is 9.78. The highest BCUT2D eigenvalue weighted by Gasteiger charge is 2.16. The molecule has 0 aliphatic rings. The maximum Gasteiger partial charge on any atom is 0.407 e. The first-order valence-corrected chi connectivity index (χ1v) is 3.95. The Morgan fingerprint density at radius 3 is 2.42 bits per heavy atom. The van der Waals surface area contributed by atoms with Crippen LogP contribution in [0.2, 0.25) is 0 Å². The number of ether oxygens (including phenoxy) is 1. The molecule has 0 heterocycles. The number of amides is 1. The van der Waals surface area contributed by atoms with E-state index < -0.39 is 11.7 Å². The van der Waals surface area contributed by atoms with Crippen LogP contribution in [0.15, 0.2) is 0 Å². The Balaban J connectivity index is 3.75. The van der Waals surface area contributed by atoms with Gasteiger partial charge in [0.25, 0.3) is 0 Å². The van der Waals surface area contributed by atoms with E-state index in [1.165, 1.54) is 0 Å². The third-order valence-electron chi connectivity index (χ3n) is 1.04. The van der Waals surface area contributed by atoms with Crippen LogP contribution in [0.3, 0.4) is 0 Å². The van der Waals surface area contributed by atoms with E-state index in [-0.39, 0.29) is 12.6 Å². The molecule has 1 unspecified atom stereocenters. The van der Waals surface area contributed by atoms with Gasteiger partial charge in [-0.05, 0) is 27.7 Å². The second-order valence-electron chi connectivity index (χ2n) is 3.73. The molecule has 12 heavy (non-hydrogen) atoms. The van der Waals surface area contributed by atoms with Gasteiger partial charge >= 0.3 is 6.09 Å². The molecule has 2 N–H and O–H groups in total. The number of rotatable bonds is 2. The number of aliphatic hydroxyl groups is 1. The minimum absolute atomic E-state index is 0.0841. The smallest absolute Gasteiger partial charge is 0.407 e. The summed E-state index contributed by atoms with van der Waals surface area (Å²) in [5, 5.41) is 11.1. The maximum atomic E-state index is 11.0. The van der Waals surface area contributed by atoms with Gasteiger partial charge in [0, 0.05) is 0 Å². The first-order valence-electron chi connectivity index (χ1n) is 3.95. The highest BCUT2D eigenvalue weighted by Crippen LogP contribution is 2.06. The largest absolute Gasteiger partial charge is 0.444 e. The molecule has 0 spiro atoms. The minimum Gasteiger partial charge on any atom is -0.444 e. The molecule has 72 valence electrons. The number of hydrogen-bond acceptors (Lipinski definition) is 3. The van der Waals surface area contributed by atoms with Gasteiger partial charge in [0.2, 0.25) is 0 Å². The summed E-state index contributed by atoms with van der Waals surface area (Å²) in [6.07, 6.45) is -0.496. The van der Waals surface area contributed by atoms with Crippen molar-refractivity contribution in [1.82, 2.24) is 5.32 Å². The summed E-state index contributed by atoms with van der Waals surface area (Å²) in [4.78, 5) is 11.0. The van der Waals surface area contributed by atoms with Crippen molar-refractivity contribution in [3.05, 3.63) is 0 Å². The van der Waals surface area contributed by atoms with Gasteiger partial charge in [-0.3, -0.25) is 0 Å². The molecule has 0 saturated heterocycles. The zero-order valence-electron chi connectivity index (χ0n) is 8.05. The van der Waals surface area contributed by atoms with Gasteiger partial charge in [-0.1, -0.05) is 0 Å². The molecule has 0 aromatic heterocycles. The van der Waals surface area contributed by atoms with Crippen LogP contribution in [0.25, 0.3) is 0 Å². The zero-order valence-corrected chi connectivity index (χ0v) is 8.05. The molecule has 4 heteroatoms. The van der Waals surface area contributed by atoms with Crippen LogP contribution in [-0.4, -0.2) is 29.4 Å². The van der Waals surface area contributed by atoms with E-state index in [0.29, 0.717) is 0 Å². The monoisotopic (exact) mass is 176 g/mol. The van der Waals surface area contributed by atoms with E-state index in [2.05, 4.69) is 5.32 Å². The molecular formula is C8H17NO3. The summed E-state index contributed by atoms with van der Waals surface area (Å²) in [5.74, 6) is 0. The lowest BCUT2D eigenvalue weighted by Crippen LogP contribution is -2.39. The Labute approximate surface area is 72.9 Å². The number of carbonyl (C=O) groups is 1. The van der Waals surface area contributed by atoms with Gasteiger partial charge in [0.1, 0.15) is 5.60 Å². The number of hydrogen-bond donors (Lipinski definition) is 2. The normalized spacial score (nSPS) is 13.8. The van der Waals surface area contributed by atoms with E-state index in [4.69, 9.17) is 9.84 Å². The number of nitrogens with one attached hydrogen (secondary N) is 1. The lowest BCUT2D eigenvalue weighted by atomic mass is 10.2. The van der Waals surface area contributed by atoms with E-state index in [9.17, 15) is 4.79 Å². The average molecular weight is 176 g/mol. The Bertz CT molecular complexity index is 151. The predicted molar refractivity (Wildman–Crippen MR) is 45.9 cm³/mol. The topological polar surface area (TPSA) is 58.6 Å². The quantitative estimate of drug-likeness (QED) is 0.614. The van der Waals surface area contributed by atoms with Crippen molar-refractivity contribution >= 4 is 6.09 Å². The molecule has 0 fully saturated rings. The lowest BCUT2D eigenvalue weighted by molar-refractivity contribution is 0.0489. The molecule has 0 aliphatic carbocycles. The minimum atomic E-state index is -0.496. The van der Waals surface area contributed by atoms with Crippen molar-refractivity contribution in [2.24, 2.45) is 0 Å². The van der Waals surface area contributed by atoms with E-state index >= 15 is 0 Å². The van der Waals surface area contributed by atoms with Crippen LogP contribution in [0.1, 0.15) is 27.7 Å². The Morgan fingerprint density at radius 2 is 2.08 bits per heavy atom. The third kappa shape index (κ3) is 5.97. The second-order valence-corrected chi connectivity index (χ2v) is 3.73. The summed E-state index contributed by atoms with van der Waals surface area (Å²) >= 11 is 0. The maximum absolute atomic E-state index is 11.0. The number of carbonyl (C=O) groups excluding carboxylic acids is 1. The molecule has 0 aromatic rings. The van der Waals surface area contributed by atoms with E-state index in [1.807, 2.05) is 0 Å². The van der Waals surface area contributed by atoms with Crippen molar-refractivity contribution < 1.29 is 14.6 Å². The molecule has 0 aromatic carbocycles. The van der Waals surface area contributed by atoms with Gasteiger partial charge in [0.15, 0.2) is 0 Å². The van der Waals surface area contributed by atoms with Gasteiger partial charge in [-0.15, -0.1) is 0 Å². The molecule has 0 radical (unpaired) electrons. The van der Waals surface area contributed by atoms with Crippen LogP contribution in [0.5, 0.6) is 0 Å². The first-order chi connectivity index (χ1) is 5.35.